The van der Waals surface area contributed by atoms with Crippen LogP contribution in [0.5, 0.6) is 0 Å². The van der Waals surface area contributed by atoms with Gasteiger partial charge in [0.25, 0.3) is 11.6 Å². The standard InChI is InChI=1S/C13H15BrN2O3/c14-11-6-1-2-7-12(11)15-13(17)9-4-3-5-10(8-9)16(18)19/h3-5,8,11-12H,1-2,6-7H2,(H,15,17). The maximum Gasteiger partial charge on any atom is 0.270 e. The van der Waals surface area contributed by atoms with Crippen LogP contribution in [-0.4, -0.2) is 21.7 Å². The number of carbonyl (C=O) groups is 1. The molecule has 1 N–H and O–H groups in total. The summed E-state index contributed by atoms with van der Waals surface area (Å²) in [5.74, 6) is -0.250. The molecule has 1 amide bonds. The second-order valence-corrected chi connectivity index (χ2v) is 5.86. The average molecular weight is 327 g/mol. The highest BCUT2D eigenvalue weighted by molar-refractivity contribution is 9.09. The highest BCUT2D eigenvalue weighted by atomic mass is 79.9. The van der Waals surface area contributed by atoms with E-state index in [0.717, 1.165) is 19.3 Å². The van der Waals surface area contributed by atoms with Gasteiger partial charge in [0.1, 0.15) is 0 Å². The number of amides is 1. The molecule has 5 nitrogen and oxygen atoms in total. The normalized spacial score (nSPS) is 22.8. The van der Waals surface area contributed by atoms with Gasteiger partial charge in [-0.2, -0.15) is 0 Å². The summed E-state index contributed by atoms with van der Waals surface area (Å²) in [7, 11) is 0. The number of hydrogen-bond acceptors (Lipinski definition) is 3. The van der Waals surface area contributed by atoms with Crippen molar-refractivity contribution >= 4 is 27.5 Å². The average Bonchev–Trinajstić information content (AvgIpc) is 2.41. The molecule has 6 heteroatoms. The van der Waals surface area contributed by atoms with Gasteiger partial charge in [-0.15, -0.1) is 0 Å². The van der Waals surface area contributed by atoms with E-state index in [0.29, 0.717) is 5.56 Å². The predicted molar refractivity (Wildman–Crippen MR) is 75.5 cm³/mol. The van der Waals surface area contributed by atoms with Crippen molar-refractivity contribution in [1.29, 1.82) is 0 Å². The monoisotopic (exact) mass is 326 g/mol. The topological polar surface area (TPSA) is 72.2 Å². The van der Waals surface area contributed by atoms with Gasteiger partial charge in [0.15, 0.2) is 0 Å². The molecule has 0 aromatic heterocycles. The van der Waals surface area contributed by atoms with Crippen molar-refractivity contribution in [2.45, 2.75) is 36.6 Å². The Morgan fingerprint density at radius 1 is 1.37 bits per heavy atom. The quantitative estimate of drug-likeness (QED) is 0.527. The summed E-state index contributed by atoms with van der Waals surface area (Å²) in [5.41, 5.74) is 0.270. The summed E-state index contributed by atoms with van der Waals surface area (Å²) < 4.78 is 0. The number of halogens is 1. The first-order chi connectivity index (χ1) is 9.08. The van der Waals surface area contributed by atoms with Crippen molar-refractivity contribution in [2.24, 2.45) is 0 Å². The van der Waals surface area contributed by atoms with Crippen molar-refractivity contribution in [2.75, 3.05) is 0 Å². The number of rotatable bonds is 3. The van der Waals surface area contributed by atoms with Crippen molar-refractivity contribution < 1.29 is 9.72 Å². The third kappa shape index (κ3) is 3.53. The first-order valence-electron chi connectivity index (χ1n) is 6.27. The van der Waals surface area contributed by atoms with Crippen molar-refractivity contribution in [1.82, 2.24) is 5.32 Å². The second kappa shape index (κ2) is 6.14. The fourth-order valence-electron chi connectivity index (χ4n) is 2.26. The van der Waals surface area contributed by atoms with E-state index in [1.54, 1.807) is 6.07 Å². The zero-order valence-electron chi connectivity index (χ0n) is 10.3. The minimum absolute atomic E-state index is 0.0633. The Kier molecular flexibility index (Phi) is 4.52. The molecule has 0 bridgehead atoms. The van der Waals surface area contributed by atoms with E-state index < -0.39 is 4.92 Å². The summed E-state index contributed by atoms with van der Waals surface area (Å²) in [4.78, 5) is 22.5. The number of alkyl halides is 1. The van der Waals surface area contributed by atoms with Crippen LogP contribution in [0.25, 0.3) is 0 Å². The van der Waals surface area contributed by atoms with Crippen molar-refractivity contribution in [3.63, 3.8) is 0 Å². The van der Waals surface area contributed by atoms with Gasteiger partial charge in [-0.1, -0.05) is 34.8 Å². The summed E-state index contributed by atoms with van der Waals surface area (Å²) in [5, 5.41) is 13.6. The number of carbonyl (C=O) groups excluding carboxylic acids is 1. The van der Waals surface area contributed by atoms with Gasteiger partial charge in [0.2, 0.25) is 0 Å². The SMILES string of the molecule is O=C(NC1CCCCC1Br)c1cccc([N+](=O)[O-])c1. The Morgan fingerprint density at radius 3 is 2.79 bits per heavy atom. The summed E-state index contributed by atoms with van der Waals surface area (Å²) in [6.07, 6.45) is 4.25. The second-order valence-electron chi connectivity index (χ2n) is 4.69. The molecule has 1 aliphatic carbocycles. The molecule has 1 fully saturated rings. The summed E-state index contributed by atoms with van der Waals surface area (Å²) in [6.45, 7) is 0. The van der Waals surface area contributed by atoms with E-state index in [2.05, 4.69) is 21.2 Å². The smallest absolute Gasteiger partial charge is 0.270 e. The Morgan fingerprint density at radius 2 is 2.11 bits per heavy atom. The fraction of sp³-hybridized carbons (Fsp3) is 0.462. The van der Waals surface area contributed by atoms with E-state index in [4.69, 9.17) is 0 Å². The molecule has 2 unspecified atom stereocenters. The Hall–Kier alpha value is -1.43. The summed E-state index contributed by atoms with van der Waals surface area (Å²) >= 11 is 3.57. The largest absolute Gasteiger partial charge is 0.348 e. The van der Waals surface area contributed by atoms with Crippen LogP contribution in [0.1, 0.15) is 36.0 Å². The highest BCUT2D eigenvalue weighted by Gasteiger charge is 2.24. The number of nitrogens with zero attached hydrogens (tertiary/aromatic N) is 1. The Bertz CT molecular complexity index is 493. The molecule has 1 aliphatic rings. The minimum Gasteiger partial charge on any atom is -0.348 e. The fourth-order valence-corrected chi connectivity index (χ4v) is 2.98. The van der Waals surface area contributed by atoms with Crippen molar-refractivity contribution in [3.8, 4) is 0 Å². The molecule has 19 heavy (non-hydrogen) atoms. The zero-order chi connectivity index (χ0) is 13.8. The van der Waals surface area contributed by atoms with Crippen LogP contribution in [0.2, 0.25) is 0 Å². The minimum atomic E-state index is -0.495. The number of nitrogens with one attached hydrogen (secondary N) is 1. The molecular formula is C13H15BrN2O3. The number of hydrogen-bond donors (Lipinski definition) is 1. The molecule has 1 aromatic carbocycles. The number of non-ortho nitro benzene ring substituents is 1. The molecule has 0 aliphatic heterocycles. The third-order valence-corrected chi connectivity index (χ3v) is 4.41. The van der Waals surface area contributed by atoms with Crippen LogP contribution in [0.15, 0.2) is 24.3 Å². The summed E-state index contributed by atoms with van der Waals surface area (Å²) in [6, 6.07) is 5.90. The van der Waals surface area contributed by atoms with Gasteiger partial charge >= 0.3 is 0 Å². The molecule has 2 rings (SSSR count). The molecule has 2 atom stereocenters. The number of nitro groups is 1. The predicted octanol–water partition coefficient (Wildman–Crippen LogP) is 3.03. The lowest BCUT2D eigenvalue weighted by Gasteiger charge is -2.28. The molecule has 0 saturated heterocycles. The van der Waals surface area contributed by atoms with Gasteiger partial charge in [-0.05, 0) is 18.9 Å². The van der Waals surface area contributed by atoms with Gasteiger partial charge in [0.05, 0.1) is 4.92 Å². The maximum absolute atomic E-state index is 12.1. The van der Waals surface area contributed by atoms with Crippen LogP contribution in [-0.2, 0) is 0 Å². The number of benzene rings is 1. The molecule has 1 aromatic rings. The molecule has 102 valence electrons. The molecule has 0 radical (unpaired) electrons. The van der Waals surface area contributed by atoms with Crippen LogP contribution >= 0.6 is 15.9 Å². The van der Waals surface area contributed by atoms with Gasteiger partial charge in [-0.3, -0.25) is 14.9 Å². The van der Waals surface area contributed by atoms with E-state index in [-0.39, 0.29) is 22.5 Å². The van der Waals surface area contributed by atoms with E-state index in [1.165, 1.54) is 24.6 Å². The van der Waals surface area contributed by atoms with Gasteiger partial charge < -0.3 is 5.32 Å². The third-order valence-electron chi connectivity index (χ3n) is 3.32. The first kappa shape index (κ1) is 14.0. The lowest BCUT2D eigenvalue weighted by atomic mass is 9.95. The lowest BCUT2D eigenvalue weighted by molar-refractivity contribution is -0.384. The van der Waals surface area contributed by atoms with Crippen LogP contribution in [0, 0.1) is 10.1 Å². The maximum atomic E-state index is 12.1. The Labute approximate surface area is 119 Å². The van der Waals surface area contributed by atoms with Crippen LogP contribution in [0.4, 0.5) is 5.69 Å². The van der Waals surface area contributed by atoms with Crippen LogP contribution < -0.4 is 5.32 Å². The van der Waals surface area contributed by atoms with E-state index in [9.17, 15) is 14.9 Å². The lowest BCUT2D eigenvalue weighted by Crippen LogP contribution is -2.42. The van der Waals surface area contributed by atoms with E-state index in [1.807, 2.05) is 0 Å². The van der Waals surface area contributed by atoms with Gasteiger partial charge in [0, 0.05) is 28.6 Å². The molecular weight excluding hydrogens is 312 g/mol. The van der Waals surface area contributed by atoms with Crippen molar-refractivity contribution in [3.05, 3.63) is 39.9 Å². The highest BCUT2D eigenvalue weighted by Crippen LogP contribution is 2.25. The first-order valence-corrected chi connectivity index (χ1v) is 7.19. The molecule has 0 heterocycles. The molecule has 1 saturated carbocycles. The van der Waals surface area contributed by atoms with E-state index >= 15 is 0 Å². The Balaban J connectivity index is 2.07. The zero-order valence-corrected chi connectivity index (χ0v) is 11.9. The number of nitro benzene ring substituents is 1. The van der Waals surface area contributed by atoms with Gasteiger partial charge in [-0.25, -0.2) is 0 Å². The van der Waals surface area contributed by atoms with Crippen LogP contribution in [0.3, 0.4) is 0 Å². The molecule has 0 spiro atoms.